The van der Waals surface area contributed by atoms with Crippen molar-refractivity contribution >= 4 is 6.09 Å². The molecule has 4 unspecified atom stereocenters. The molecule has 2 fully saturated rings. The SMILES string of the molecule is C.CO.O=C(OCc1ccccc1)N1CCCC(F)C(O)C1.OC1CNCCCC1F. The van der Waals surface area contributed by atoms with Gasteiger partial charge in [-0.25, -0.2) is 13.6 Å². The van der Waals surface area contributed by atoms with Crippen LogP contribution < -0.4 is 5.32 Å². The van der Waals surface area contributed by atoms with E-state index in [9.17, 15) is 18.7 Å². The van der Waals surface area contributed by atoms with Crippen molar-refractivity contribution in [3.63, 3.8) is 0 Å². The first-order valence-corrected chi connectivity index (χ1v) is 10.2. The maximum Gasteiger partial charge on any atom is 0.410 e. The van der Waals surface area contributed by atoms with Crippen molar-refractivity contribution in [2.24, 2.45) is 0 Å². The lowest BCUT2D eigenvalue weighted by Crippen LogP contribution is -2.38. The van der Waals surface area contributed by atoms with Crippen LogP contribution in [0.1, 0.15) is 38.7 Å². The van der Waals surface area contributed by atoms with Gasteiger partial charge in [0.2, 0.25) is 0 Å². The summed E-state index contributed by atoms with van der Waals surface area (Å²) in [6.07, 6.45) is -2.53. The van der Waals surface area contributed by atoms with Crippen molar-refractivity contribution in [1.29, 1.82) is 0 Å². The largest absolute Gasteiger partial charge is 0.445 e. The number of aliphatic hydroxyl groups excluding tert-OH is 3. The number of benzene rings is 1. The van der Waals surface area contributed by atoms with Crippen molar-refractivity contribution in [1.82, 2.24) is 10.2 Å². The van der Waals surface area contributed by atoms with Crippen molar-refractivity contribution < 1.29 is 33.6 Å². The summed E-state index contributed by atoms with van der Waals surface area (Å²) in [6, 6.07) is 9.35. The first kappa shape index (κ1) is 29.2. The minimum absolute atomic E-state index is 0. The fourth-order valence-electron chi connectivity index (χ4n) is 3.07. The molecule has 4 atom stereocenters. The molecule has 0 spiro atoms. The standard InChI is InChI=1S/C14H18FNO3.C6H12FNO.CH4O.CH4/c15-12-7-4-8-16(9-13(12)17)14(18)19-10-11-5-2-1-3-6-11;7-5-2-1-3-8-4-6(5)9;1-2;/h1-3,5-6,12-13,17H,4,7-10H2;5-6,8-9H,1-4H2;2H,1H3;1H4. The average Bonchev–Trinajstić information content (AvgIpc) is 3.07. The van der Waals surface area contributed by atoms with Gasteiger partial charge in [-0.05, 0) is 37.8 Å². The minimum atomic E-state index is -1.26. The van der Waals surface area contributed by atoms with Crippen molar-refractivity contribution in [2.45, 2.75) is 64.3 Å². The summed E-state index contributed by atoms with van der Waals surface area (Å²) in [4.78, 5) is 13.2. The van der Waals surface area contributed by atoms with Crippen LogP contribution in [-0.2, 0) is 11.3 Å². The molecule has 0 bridgehead atoms. The number of nitrogens with zero attached hydrogens (tertiary/aromatic N) is 1. The van der Waals surface area contributed by atoms with E-state index in [-0.39, 0.29) is 27.0 Å². The van der Waals surface area contributed by atoms with E-state index >= 15 is 0 Å². The Labute approximate surface area is 184 Å². The van der Waals surface area contributed by atoms with Gasteiger partial charge in [0.05, 0.1) is 12.6 Å². The number of hydrogen-bond acceptors (Lipinski definition) is 6. The Kier molecular flexibility index (Phi) is 15.8. The minimum Gasteiger partial charge on any atom is -0.445 e. The lowest BCUT2D eigenvalue weighted by molar-refractivity contribution is 0.0461. The Bertz CT molecular complexity index is 572. The van der Waals surface area contributed by atoms with Gasteiger partial charge in [-0.3, -0.25) is 0 Å². The van der Waals surface area contributed by atoms with Crippen LogP contribution in [-0.4, -0.2) is 84.2 Å². The second-order valence-electron chi connectivity index (χ2n) is 7.14. The number of amides is 1. The topological polar surface area (TPSA) is 102 Å². The Hall–Kier alpha value is -1.81. The molecular weight excluding hydrogens is 410 g/mol. The number of nitrogens with one attached hydrogen (secondary N) is 1. The summed E-state index contributed by atoms with van der Waals surface area (Å²) in [5, 5.41) is 28.4. The second kappa shape index (κ2) is 16.8. The van der Waals surface area contributed by atoms with Gasteiger partial charge in [0.15, 0.2) is 0 Å². The van der Waals surface area contributed by atoms with E-state index in [0.29, 0.717) is 25.9 Å². The van der Waals surface area contributed by atoms with Crippen LogP contribution >= 0.6 is 0 Å². The normalized spacial score (nSPS) is 25.8. The Morgan fingerprint density at radius 2 is 1.71 bits per heavy atom. The molecule has 2 saturated heterocycles. The molecule has 0 radical (unpaired) electrons. The van der Waals surface area contributed by atoms with Crippen LogP contribution in [0, 0.1) is 0 Å². The van der Waals surface area contributed by atoms with Crippen LogP contribution in [0.3, 0.4) is 0 Å². The molecule has 1 aromatic rings. The summed E-state index contributed by atoms with van der Waals surface area (Å²) >= 11 is 0. The molecule has 2 heterocycles. The number of carbonyl (C=O) groups is 1. The lowest BCUT2D eigenvalue weighted by atomic mass is 10.1. The predicted molar refractivity (Wildman–Crippen MR) is 116 cm³/mol. The molecule has 7 nitrogen and oxygen atoms in total. The maximum absolute atomic E-state index is 13.3. The van der Waals surface area contributed by atoms with Crippen LogP contribution in [0.25, 0.3) is 0 Å². The summed E-state index contributed by atoms with van der Waals surface area (Å²) < 4.78 is 31.0. The van der Waals surface area contributed by atoms with Gasteiger partial charge in [0, 0.05) is 20.2 Å². The number of carbonyl (C=O) groups excluding carboxylic acids is 1. The number of rotatable bonds is 2. The number of hydrogen-bond donors (Lipinski definition) is 4. The zero-order valence-electron chi connectivity index (χ0n) is 17.4. The Morgan fingerprint density at radius 1 is 1.10 bits per heavy atom. The van der Waals surface area contributed by atoms with E-state index in [4.69, 9.17) is 14.9 Å². The van der Waals surface area contributed by atoms with Crippen LogP contribution in [0.15, 0.2) is 30.3 Å². The van der Waals surface area contributed by atoms with E-state index in [1.165, 1.54) is 4.90 Å². The van der Waals surface area contributed by atoms with Gasteiger partial charge >= 0.3 is 6.09 Å². The zero-order chi connectivity index (χ0) is 22.4. The molecule has 3 rings (SSSR count). The average molecular weight is 449 g/mol. The molecule has 1 amide bonds. The van der Waals surface area contributed by atoms with E-state index in [0.717, 1.165) is 25.6 Å². The molecule has 0 aromatic heterocycles. The fraction of sp³-hybridized carbons (Fsp3) is 0.682. The summed E-state index contributed by atoms with van der Waals surface area (Å²) in [5.74, 6) is 0. The first-order chi connectivity index (χ1) is 14.5. The van der Waals surface area contributed by atoms with Crippen molar-refractivity contribution in [3.8, 4) is 0 Å². The first-order valence-electron chi connectivity index (χ1n) is 10.2. The Balaban J connectivity index is 0.000000633. The van der Waals surface area contributed by atoms with Crippen LogP contribution in [0.4, 0.5) is 13.6 Å². The fourth-order valence-corrected chi connectivity index (χ4v) is 3.07. The van der Waals surface area contributed by atoms with Crippen LogP contribution in [0.5, 0.6) is 0 Å². The number of halogens is 2. The third-order valence-electron chi connectivity index (χ3n) is 4.80. The molecule has 0 saturated carbocycles. The quantitative estimate of drug-likeness (QED) is 0.554. The highest BCUT2D eigenvalue weighted by molar-refractivity contribution is 5.67. The molecule has 180 valence electrons. The van der Waals surface area contributed by atoms with E-state index in [1.54, 1.807) is 0 Å². The summed E-state index contributed by atoms with van der Waals surface area (Å²) in [5.41, 5.74) is 0.898. The number of alkyl halides is 2. The van der Waals surface area contributed by atoms with Crippen LogP contribution in [0.2, 0.25) is 0 Å². The number of aliphatic hydroxyl groups is 3. The highest BCUT2D eigenvalue weighted by Crippen LogP contribution is 2.16. The number of β-amino-alcohol motifs (C(OH)–C–C–N with tert-alkyl or cyclic N) is 2. The zero-order valence-corrected chi connectivity index (χ0v) is 17.4. The number of likely N-dealkylation sites (tertiary alicyclic amines) is 1. The molecule has 0 aliphatic carbocycles. The Morgan fingerprint density at radius 3 is 2.39 bits per heavy atom. The smallest absolute Gasteiger partial charge is 0.410 e. The molecule has 1 aromatic carbocycles. The molecular formula is C22H38F2N2O5. The maximum atomic E-state index is 13.3. The molecule has 4 N–H and O–H groups in total. The van der Waals surface area contributed by atoms with Crippen molar-refractivity contribution in [2.75, 3.05) is 33.3 Å². The third-order valence-corrected chi connectivity index (χ3v) is 4.80. The number of ether oxygens (including phenoxy) is 1. The van der Waals surface area contributed by atoms with Gasteiger partial charge in [0.1, 0.15) is 25.1 Å². The lowest BCUT2D eigenvalue weighted by Gasteiger charge is -2.22. The third kappa shape index (κ3) is 11.4. The molecule has 31 heavy (non-hydrogen) atoms. The monoisotopic (exact) mass is 448 g/mol. The second-order valence-corrected chi connectivity index (χ2v) is 7.14. The summed E-state index contributed by atoms with van der Waals surface area (Å²) in [6.45, 7) is 1.84. The highest BCUT2D eigenvalue weighted by Gasteiger charge is 2.28. The summed E-state index contributed by atoms with van der Waals surface area (Å²) in [7, 11) is 1.00. The highest BCUT2D eigenvalue weighted by atomic mass is 19.1. The van der Waals surface area contributed by atoms with E-state index in [2.05, 4.69) is 5.32 Å². The molecule has 2 aliphatic heterocycles. The van der Waals surface area contributed by atoms with Gasteiger partial charge in [-0.2, -0.15) is 0 Å². The van der Waals surface area contributed by atoms with Gasteiger partial charge in [-0.1, -0.05) is 37.8 Å². The predicted octanol–water partition coefficient (Wildman–Crippen LogP) is 2.43. The van der Waals surface area contributed by atoms with Gasteiger partial charge in [0.25, 0.3) is 0 Å². The van der Waals surface area contributed by atoms with E-state index in [1.807, 2.05) is 30.3 Å². The van der Waals surface area contributed by atoms with Crippen molar-refractivity contribution in [3.05, 3.63) is 35.9 Å². The molecule has 9 heteroatoms. The van der Waals surface area contributed by atoms with E-state index < -0.39 is 30.6 Å². The van der Waals surface area contributed by atoms with Gasteiger partial charge < -0.3 is 30.3 Å². The molecule has 2 aliphatic rings. The van der Waals surface area contributed by atoms with Gasteiger partial charge in [-0.15, -0.1) is 0 Å².